The number of hydrogen-bond acceptors (Lipinski definition) is 4. The van der Waals surface area contributed by atoms with Crippen molar-refractivity contribution < 1.29 is 9.21 Å². The first-order valence-corrected chi connectivity index (χ1v) is 6.17. The number of carbonyl (C=O) groups is 1. The molecule has 3 aromatic heterocycles. The predicted octanol–water partition coefficient (Wildman–Crippen LogP) is 3.07. The average Bonchev–Trinajstić information content (AvgIpc) is 2.92. The minimum atomic E-state index is -0.0884. The van der Waals surface area contributed by atoms with Gasteiger partial charge in [-0.3, -0.25) is 9.20 Å². The van der Waals surface area contributed by atoms with Crippen LogP contribution in [0.4, 0.5) is 0 Å². The molecule has 4 nitrogen and oxygen atoms in total. The van der Waals surface area contributed by atoms with E-state index in [2.05, 4.69) is 4.98 Å². The Labute approximate surface area is 105 Å². The van der Waals surface area contributed by atoms with Crippen LogP contribution in [-0.2, 0) is 6.42 Å². The summed E-state index contributed by atoms with van der Waals surface area (Å²) in [6.07, 6.45) is 5.39. The number of aromatic nitrogens is 2. The number of furan rings is 1. The zero-order valence-electron chi connectivity index (χ0n) is 8.59. The van der Waals surface area contributed by atoms with Gasteiger partial charge in [-0.25, -0.2) is 4.98 Å². The second-order valence-electron chi connectivity index (χ2n) is 3.53. The molecule has 3 rings (SSSR count). The second kappa shape index (κ2) is 4.01. The Kier molecular flexibility index (Phi) is 2.49. The molecule has 0 saturated carbocycles. The quantitative estimate of drug-likeness (QED) is 0.685. The highest BCUT2D eigenvalue weighted by Crippen LogP contribution is 2.19. The maximum atomic E-state index is 11.9. The number of Topliss-reactive ketones (excluding diaryl/α,β-unsaturated/α-hetero) is 1. The SMILES string of the molecule is O=C(Cc1cn2ccsc2n1)c1ccoc1Cl. The van der Waals surface area contributed by atoms with Crippen molar-refractivity contribution in [2.45, 2.75) is 6.42 Å². The maximum Gasteiger partial charge on any atom is 0.203 e. The Bertz CT molecular complexity index is 654. The van der Waals surface area contributed by atoms with Crippen molar-refractivity contribution in [3.8, 4) is 0 Å². The topological polar surface area (TPSA) is 47.5 Å². The molecule has 17 heavy (non-hydrogen) atoms. The van der Waals surface area contributed by atoms with Crippen LogP contribution < -0.4 is 0 Å². The molecule has 0 spiro atoms. The highest BCUT2D eigenvalue weighted by atomic mass is 35.5. The van der Waals surface area contributed by atoms with Crippen molar-refractivity contribution in [3.63, 3.8) is 0 Å². The van der Waals surface area contributed by atoms with Crippen molar-refractivity contribution in [1.82, 2.24) is 9.38 Å². The summed E-state index contributed by atoms with van der Waals surface area (Å²) in [5.74, 6) is -0.0884. The monoisotopic (exact) mass is 266 g/mol. The van der Waals surface area contributed by atoms with Gasteiger partial charge < -0.3 is 4.42 Å². The van der Waals surface area contributed by atoms with E-state index in [-0.39, 0.29) is 17.4 Å². The van der Waals surface area contributed by atoms with E-state index in [1.807, 2.05) is 22.2 Å². The highest BCUT2D eigenvalue weighted by Gasteiger charge is 2.15. The largest absolute Gasteiger partial charge is 0.452 e. The van der Waals surface area contributed by atoms with Crippen LogP contribution in [0.2, 0.25) is 5.22 Å². The van der Waals surface area contributed by atoms with Gasteiger partial charge >= 0.3 is 0 Å². The van der Waals surface area contributed by atoms with Gasteiger partial charge in [-0.15, -0.1) is 11.3 Å². The summed E-state index contributed by atoms with van der Waals surface area (Å²) >= 11 is 7.28. The molecular formula is C11H7ClN2O2S. The number of rotatable bonds is 3. The minimum Gasteiger partial charge on any atom is -0.452 e. The fourth-order valence-corrected chi connectivity index (χ4v) is 2.55. The van der Waals surface area contributed by atoms with E-state index in [0.717, 1.165) is 10.7 Å². The van der Waals surface area contributed by atoms with Crippen LogP contribution in [0.25, 0.3) is 4.96 Å². The number of nitrogens with zero attached hydrogens (tertiary/aromatic N) is 2. The Hall–Kier alpha value is -1.59. The van der Waals surface area contributed by atoms with E-state index in [9.17, 15) is 4.79 Å². The van der Waals surface area contributed by atoms with Crippen LogP contribution >= 0.6 is 22.9 Å². The van der Waals surface area contributed by atoms with Crippen molar-refractivity contribution in [2.24, 2.45) is 0 Å². The molecule has 0 atom stereocenters. The third-order valence-electron chi connectivity index (χ3n) is 2.40. The lowest BCUT2D eigenvalue weighted by Crippen LogP contribution is -2.02. The summed E-state index contributed by atoms with van der Waals surface area (Å²) in [6.45, 7) is 0. The molecular weight excluding hydrogens is 260 g/mol. The molecule has 0 radical (unpaired) electrons. The third kappa shape index (κ3) is 1.87. The Morgan fingerprint density at radius 2 is 2.47 bits per heavy atom. The zero-order valence-corrected chi connectivity index (χ0v) is 10.2. The standard InChI is InChI=1S/C11H7ClN2O2S/c12-10-8(1-3-16-10)9(15)5-7-6-14-2-4-17-11(14)13-7/h1-4,6H,5H2. The van der Waals surface area contributed by atoms with E-state index in [4.69, 9.17) is 16.0 Å². The second-order valence-corrected chi connectivity index (χ2v) is 4.75. The number of fused-ring (bicyclic) bond motifs is 1. The number of thiazole rings is 1. The van der Waals surface area contributed by atoms with Crippen LogP contribution in [0.3, 0.4) is 0 Å². The molecule has 0 bridgehead atoms. The van der Waals surface area contributed by atoms with Gasteiger partial charge in [0, 0.05) is 17.8 Å². The zero-order chi connectivity index (χ0) is 11.8. The molecule has 0 fully saturated rings. The van der Waals surface area contributed by atoms with E-state index < -0.39 is 0 Å². The van der Waals surface area contributed by atoms with Gasteiger partial charge in [0.25, 0.3) is 0 Å². The fourth-order valence-electron chi connectivity index (χ4n) is 1.61. The first-order valence-electron chi connectivity index (χ1n) is 4.91. The molecule has 3 aromatic rings. The molecule has 0 saturated heterocycles. The Morgan fingerprint density at radius 3 is 3.18 bits per heavy atom. The van der Waals surface area contributed by atoms with Crippen molar-refractivity contribution in [1.29, 1.82) is 0 Å². The fraction of sp³-hybridized carbons (Fsp3) is 0.0909. The summed E-state index contributed by atoms with van der Waals surface area (Å²) < 4.78 is 6.78. The van der Waals surface area contributed by atoms with Crippen LogP contribution in [0, 0.1) is 0 Å². The van der Waals surface area contributed by atoms with Gasteiger partial charge in [-0.2, -0.15) is 0 Å². The Balaban J connectivity index is 1.86. The molecule has 0 amide bonds. The molecule has 0 aliphatic carbocycles. The van der Waals surface area contributed by atoms with Crippen molar-refractivity contribution in [2.75, 3.05) is 0 Å². The summed E-state index contributed by atoms with van der Waals surface area (Å²) in [6, 6.07) is 1.57. The summed E-state index contributed by atoms with van der Waals surface area (Å²) in [4.78, 5) is 17.1. The molecule has 0 aliphatic rings. The molecule has 3 heterocycles. The van der Waals surface area contributed by atoms with Gasteiger partial charge in [0.05, 0.1) is 23.9 Å². The number of hydrogen-bond donors (Lipinski definition) is 0. The highest BCUT2D eigenvalue weighted by molar-refractivity contribution is 7.15. The van der Waals surface area contributed by atoms with Crippen LogP contribution in [0.15, 0.2) is 34.5 Å². The molecule has 0 unspecified atom stereocenters. The number of ketones is 1. The Morgan fingerprint density at radius 1 is 1.59 bits per heavy atom. The third-order valence-corrected chi connectivity index (χ3v) is 3.47. The van der Waals surface area contributed by atoms with Gasteiger partial charge in [-0.05, 0) is 17.7 Å². The average molecular weight is 267 g/mol. The van der Waals surface area contributed by atoms with Crippen molar-refractivity contribution >= 4 is 33.7 Å². The molecule has 6 heteroatoms. The maximum absolute atomic E-state index is 11.9. The molecule has 86 valence electrons. The first kappa shape index (κ1) is 10.6. The van der Waals surface area contributed by atoms with E-state index in [1.165, 1.54) is 17.6 Å². The number of carbonyl (C=O) groups excluding carboxylic acids is 1. The summed E-state index contributed by atoms with van der Waals surface area (Å²) in [7, 11) is 0. The lowest BCUT2D eigenvalue weighted by Gasteiger charge is -1.94. The lowest BCUT2D eigenvalue weighted by atomic mass is 10.1. The predicted molar refractivity (Wildman–Crippen MR) is 64.8 cm³/mol. The molecule has 0 N–H and O–H groups in total. The van der Waals surface area contributed by atoms with E-state index in [1.54, 1.807) is 6.07 Å². The molecule has 0 aliphatic heterocycles. The van der Waals surface area contributed by atoms with Gasteiger partial charge in [0.15, 0.2) is 10.7 Å². The number of imidazole rings is 1. The van der Waals surface area contributed by atoms with E-state index >= 15 is 0 Å². The van der Waals surface area contributed by atoms with Crippen LogP contribution in [0.1, 0.15) is 16.1 Å². The molecule has 0 aromatic carbocycles. The first-order chi connectivity index (χ1) is 8.24. The normalized spacial score (nSPS) is 11.1. The lowest BCUT2D eigenvalue weighted by molar-refractivity contribution is 0.0991. The van der Waals surface area contributed by atoms with Crippen molar-refractivity contribution in [3.05, 3.63) is 46.6 Å². The van der Waals surface area contributed by atoms with Crippen LogP contribution in [0.5, 0.6) is 0 Å². The minimum absolute atomic E-state index is 0.0884. The van der Waals surface area contributed by atoms with Gasteiger partial charge in [0.2, 0.25) is 5.22 Å². The van der Waals surface area contributed by atoms with E-state index in [0.29, 0.717) is 5.56 Å². The van der Waals surface area contributed by atoms with Crippen LogP contribution in [-0.4, -0.2) is 15.2 Å². The smallest absolute Gasteiger partial charge is 0.203 e. The van der Waals surface area contributed by atoms with Gasteiger partial charge in [0.1, 0.15) is 0 Å². The summed E-state index contributed by atoms with van der Waals surface area (Å²) in [5.41, 5.74) is 1.14. The van der Waals surface area contributed by atoms with Gasteiger partial charge in [-0.1, -0.05) is 0 Å². The number of halogens is 1. The summed E-state index contributed by atoms with van der Waals surface area (Å²) in [5, 5.41) is 2.08.